The van der Waals surface area contributed by atoms with Gasteiger partial charge in [0.05, 0.1) is 0 Å². The summed E-state index contributed by atoms with van der Waals surface area (Å²) in [4.78, 5) is 10.2. The van der Waals surface area contributed by atoms with Gasteiger partial charge in [-0.3, -0.25) is 10.2 Å². The van der Waals surface area contributed by atoms with Crippen LogP contribution in [0.3, 0.4) is 0 Å². The second-order valence-corrected chi connectivity index (χ2v) is 1.10. The van der Waals surface area contributed by atoms with Gasteiger partial charge in [0.2, 0.25) is 0 Å². The van der Waals surface area contributed by atoms with Crippen LogP contribution >= 0.6 is 0 Å². The maximum atomic E-state index is 10.2. The van der Waals surface area contributed by atoms with Gasteiger partial charge in [0.15, 0.2) is 13.0 Å². The van der Waals surface area contributed by atoms with Crippen LogP contribution in [0.1, 0.15) is 0 Å². The van der Waals surface area contributed by atoms with Crippen molar-refractivity contribution < 1.29 is 9.53 Å². The predicted octanol–water partition coefficient (Wildman–Crippen LogP) is -0.644. The molecule has 4 nitrogen and oxygen atoms in total. The number of carbonyl (C=O) groups is 1. The van der Waals surface area contributed by atoms with Crippen LogP contribution in [0.4, 0.5) is 0 Å². The van der Waals surface area contributed by atoms with Crippen LogP contribution < -0.4 is 5.32 Å². The average molecular weight is 116 g/mol. The number of hydrogen-bond donors (Lipinski definition) is 2. The summed E-state index contributed by atoms with van der Waals surface area (Å²) in [5.41, 5.74) is 0. The third-order valence-corrected chi connectivity index (χ3v) is 0.577. The van der Waals surface area contributed by atoms with Gasteiger partial charge in [-0.05, 0) is 0 Å². The molecule has 2 N–H and O–H groups in total. The minimum atomic E-state index is -0.228. The lowest BCUT2D eigenvalue weighted by atomic mass is 10.7. The van der Waals surface area contributed by atoms with E-state index in [-0.39, 0.29) is 12.5 Å². The van der Waals surface area contributed by atoms with Crippen LogP contribution in [-0.2, 0) is 9.53 Å². The highest BCUT2D eigenvalue weighted by molar-refractivity contribution is 5.77. The van der Waals surface area contributed by atoms with Crippen LogP contribution in [0.25, 0.3) is 0 Å². The molecule has 0 atom stereocenters. The van der Waals surface area contributed by atoms with E-state index in [1.165, 1.54) is 7.05 Å². The summed E-state index contributed by atoms with van der Waals surface area (Å²) in [6.07, 6.45) is 0.731. The van der Waals surface area contributed by atoms with Crippen LogP contribution in [0.2, 0.25) is 0 Å². The molecule has 1 amide bonds. The molecule has 0 bridgehead atoms. The second-order valence-electron chi connectivity index (χ2n) is 1.10. The number of amides is 1. The lowest BCUT2D eigenvalue weighted by Crippen LogP contribution is -2.22. The second kappa shape index (κ2) is 4.11. The van der Waals surface area contributed by atoms with Crippen molar-refractivity contribution in [2.45, 2.75) is 0 Å². The highest BCUT2D eigenvalue weighted by Gasteiger charge is 1.92. The molecule has 8 heavy (non-hydrogen) atoms. The average Bonchev–Trinajstić information content (AvgIpc) is 1.83. The van der Waals surface area contributed by atoms with Gasteiger partial charge in [0.1, 0.15) is 0 Å². The number of carbonyl (C=O) groups excluding carboxylic acids is 1. The van der Waals surface area contributed by atoms with Crippen LogP contribution in [-0.4, -0.2) is 26.0 Å². The van der Waals surface area contributed by atoms with Crippen molar-refractivity contribution in [3.8, 4) is 0 Å². The van der Waals surface area contributed by atoms with Crippen molar-refractivity contribution in [1.29, 1.82) is 5.41 Å². The van der Waals surface area contributed by atoms with Crippen LogP contribution in [0.15, 0.2) is 0 Å². The minimum Gasteiger partial charge on any atom is -0.474 e. The predicted molar refractivity (Wildman–Crippen MR) is 28.8 cm³/mol. The molecular weight excluding hydrogens is 108 g/mol. The van der Waals surface area contributed by atoms with Crippen molar-refractivity contribution in [2.24, 2.45) is 0 Å². The van der Waals surface area contributed by atoms with E-state index in [2.05, 4.69) is 10.1 Å². The van der Waals surface area contributed by atoms with Crippen molar-refractivity contribution in [3.63, 3.8) is 0 Å². The Balaban J connectivity index is 3.11. The van der Waals surface area contributed by atoms with Crippen molar-refractivity contribution >= 4 is 12.3 Å². The topological polar surface area (TPSA) is 62.2 Å². The normalized spacial score (nSPS) is 7.62. The summed E-state index contributed by atoms with van der Waals surface area (Å²) >= 11 is 0. The molecule has 0 saturated heterocycles. The van der Waals surface area contributed by atoms with Crippen LogP contribution in [0.5, 0.6) is 0 Å². The molecule has 4 heteroatoms. The molecule has 0 rings (SSSR count). The lowest BCUT2D eigenvalue weighted by molar-refractivity contribution is -0.122. The third kappa shape index (κ3) is 3.14. The van der Waals surface area contributed by atoms with Crippen molar-refractivity contribution in [3.05, 3.63) is 0 Å². The first-order valence-corrected chi connectivity index (χ1v) is 2.12. The molecule has 0 spiro atoms. The largest absolute Gasteiger partial charge is 0.474 e. The summed E-state index contributed by atoms with van der Waals surface area (Å²) in [6.45, 7) is -0.0694. The molecule has 0 aromatic rings. The highest BCUT2D eigenvalue weighted by Crippen LogP contribution is 1.64. The molecule has 0 aliphatic carbocycles. The summed E-state index contributed by atoms with van der Waals surface area (Å²) < 4.78 is 4.32. The first-order chi connectivity index (χ1) is 3.81. The summed E-state index contributed by atoms with van der Waals surface area (Å²) in [7, 11) is 1.51. The summed E-state index contributed by atoms with van der Waals surface area (Å²) in [5.74, 6) is -0.228. The maximum absolute atomic E-state index is 10.2. The maximum Gasteiger partial charge on any atom is 0.257 e. The van der Waals surface area contributed by atoms with Gasteiger partial charge in [0, 0.05) is 7.05 Å². The van der Waals surface area contributed by atoms with Crippen molar-refractivity contribution in [1.82, 2.24) is 5.32 Å². The fourth-order valence-electron chi connectivity index (χ4n) is 0.190. The fourth-order valence-corrected chi connectivity index (χ4v) is 0.190. The Morgan fingerprint density at radius 3 is 3.00 bits per heavy atom. The standard InChI is InChI=1S/C4H8N2O2/c1-6-4(7)2-8-3-5/h3,5H,2H2,1H3,(H,6,7). The van der Waals surface area contributed by atoms with Gasteiger partial charge < -0.3 is 10.1 Å². The smallest absolute Gasteiger partial charge is 0.257 e. The van der Waals surface area contributed by atoms with Gasteiger partial charge in [-0.25, -0.2) is 0 Å². The molecule has 0 aliphatic rings. The Bertz CT molecular complexity index is 92.0. The van der Waals surface area contributed by atoms with E-state index in [1.54, 1.807) is 0 Å². The summed E-state index contributed by atoms with van der Waals surface area (Å²) in [6, 6.07) is 0. The minimum absolute atomic E-state index is 0.0694. The monoisotopic (exact) mass is 116 g/mol. The molecule has 0 aromatic heterocycles. The molecule has 0 aromatic carbocycles. The Hall–Kier alpha value is -1.06. The first-order valence-electron chi connectivity index (χ1n) is 2.12. The van der Waals surface area contributed by atoms with E-state index < -0.39 is 0 Å². The molecule has 46 valence electrons. The van der Waals surface area contributed by atoms with Gasteiger partial charge in [-0.1, -0.05) is 0 Å². The van der Waals surface area contributed by atoms with Gasteiger partial charge in [-0.2, -0.15) is 0 Å². The molecule has 0 saturated carbocycles. The zero-order valence-corrected chi connectivity index (χ0v) is 4.60. The van der Waals surface area contributed by atoms with E-state index >= 15 is 0 Å². The SMILES string of the molecule is CNC(=O)COC=N. The Labute approximate surface area is 47.3 Å². The Morgan fingerprint density at radius 1 is 2.00 bits per heavy atom. The zero-order chi connectivity index (χ0) is 6.41. The quantitative estimate of drug-likeness (QED) is 0.380. The lowest BCUT2D eigenvalue weighted by Gasteiger charge is -1.94. The Kier molecular flexibility index (Phi) is 3.56. The van der Waals surface area contributed by atoms with Gasteiger partial charge in [0.25, 0.3) is 5.91 Å². The van der Waals surface area contributed by atoms with Crippen LogP contribution in [0, 0.1) is 5.41 Å². The third-order valence-electron chi connectivity index (χ3n) is 0.577. The molecule has 0 radical (unpaired) electrons. The van der Waals surface area contributed by atoms with E-state index in [0.29, 0.717) is 0 Å². The van der Waals surface area contributed by atoms with E-state index in [0.717, 1.165) is 6.40 Å². The Morgan fingerprint density at radius 2 is 2.62 bits per heavy atom. The zero-order valence-electron chi connectivity index (χ0n) is 4.60. The van der Waals surface area contributed by atoms with Gasteiger partial charge >= 0.3 is 0 Å². The van der Waals surface area contributed by atoms with Gasteiger partial charge in [-0.15, -0.1) is 0 Å². The first kappa shape index (κ1) is 6.94. The number of rotatable bonds is 3. The fraction of sp³-hybridized carbons (Fsp3) is 0.500. The molecule has 0 unspecified atom stereocenters. The number of nitrogens with one attached hydrogen (secondary N) is 2. The summed E-state index contributed by atoms with van der Waals surface area (Å²) in [5, 5.41) is 8.68. The number of hydrogen-bond acceptors (Lipinski definition) is 3. The molecular formula is C4H8N2O2. The van der Waals surface area contributed by atoms with E-state index in [1.807, 2.05) is 0 Å². The molecule has 0 aliphatic heterocycles. The number of likely N-dealkylation sites (N-methyl/N-ethyl adjacent to an activating group) is 1. The number of ether oxygens (including phenoxy) is 1. The molecule has 0 fully saturated rings. The molecule has 0 heterocycles. The highest BCUT2D eigenvalue weighted by atomic mass is 16.5. The van der Waals surface area contributed by atoms with E-state index in [9.17, 15) is 4.79 Å². The van der Waals surface area contributed by atoms with E-state index in [4.69, 9.17) is 5.41 Å². The van der Waals surface area contributed by atoms with Crippen molar-refractivity contribution in [2.75, 3.05) is 13.7 Å².